The summed E-state index contributed by atoms with van der Waals surface area (Å²) in [5.74, 6) is 1.84. The maximum Gasteiger partial charge on any atom is -0.0325 e. The van der Waals surface area contributed by atoms with E-state index in [9.17, 15) is 0 Å². The second kappa shape index (κ2) is 17.1. The Labute approximate surface area is 142 Å². The Morgan fingerprint density at radius 3 is 1.91 bits per heavy atom. The van der Waals surface area contributed by atoms with Gasteiger partial charge in [-0.15, -0.1) is 0 Å². The fourth-order valence-corrected chi connectivity index (χ4v) is 3.23. The number of hydrogen-bond acceptors (Lipinski definition) is 0. The minimum absolute atomic E-state index is 0.879. The van der Waals surface area contributed by atoms with Gasteiger partial charge < -0.3 is 0 Å². The molecule has 0 aliphatic carbocycles. The van der Waals surface area contributed by atoms with E-state index < -0.39 is 0 Å². The van der Waals surface area contributed by atoms with Crippen molar-refractivity contribution in [3.05, 3.63) is 12.2 Å². The second-order valence-corrected chi connectivity index (χ2v) is 7.36. The summed E-state index contributed by atoms with van der Waals surface area (Å²) in [6.45, 7) is 9.37. The Morgan fingerprint density at radius 1 is 0.682 bits per heavy atom. The third-order valence-corrected chi connectivity index (χ3v) is 5.04. The molecule has 0 heterocycles. The first-order chi connectivity index (χ1) is 10.7. The van der Waals surface area contributed by atoms with E-state index in [0.29, 0.717) is 0 Å². The minimum Gasteiger partial charge on any atom is -0.0885 e. The van der Waals surface area contributed by atoms with Gasteiger partial charge in [-0.1, -0.05) is 110 Å². The monoisotopic (exact) mass is 308 g/mol. The van der Waals surface area contributed by atoms with Gasteiger partial charge in [0.05, 0.1) is 0 Å². The lowest BCUT2D eigenvalue weighted by Crippen LogP contribution is -1.98. The zero-order chi connectivity index (χ0) is 16.5. The van der Waals surface area contributed by atoms with E-state index in [4.69, 9.17) is 0 Å². The van der Waals surface area contributed by atoms with Crippen molar-refractivity contribution in [1.29, 1.82) is 0 Å². The minimum atomic E-state index is 0.879. The molecule has 0 rings (SSSR count). The number of rotatable bonds is 16. The summed E-state index contributed by atoms with van der Waals surface area (Å²) in [7, 11) is 0. The van der Waals surface area contributed by atoms with Crippen LogP contribution in [0.4, 0.5) is 0 Å². The highest BCUT2D eigenvalue weighted by Gasteiger charge is 2.04. The van der Waals surface area contributed by atoms with Crippen molar-refractivity contribution in [1.82, 2.24) is 0 Å². The van der Waals surface area contributed by atoms with E-state index in [0.717, 1.165) is 11.8 Å². The molecule has 0 fully saturated rings. The summed E-state index contributed by atoms with van der Waals surface area (Å²) in [5, 5.41) is 0. The van der Waals surface area contributed by atoms with Gasteiger partial charge in [-0.2, -0.15) is 0 Å². The molecule has 0 saturated carbocycles. The Hall–Kier alpha value is -0.260. The lowest BCUT2D eigenvalue weighted by atomic mass is 9.93. The van der Waals surface area contributed by atoms with Gasteiger partial charge in [0.25, 0.3) is 0 Å². The van der Waals surface area contributed by atoms with Crippen LogP contribution in [0.25, 0.3) is 0 Å². The first-order valence-electron chi connectivity index (χ1n) is 10.4. The van der Waals surface area contributed by atoms with Crippen molar-refractivity contribution in [2.75, 3.05) is 0 Å². The highest BCUT2D eigenvalue weighted by atomic mass is 14.1. The van der Waals surface area contributed by atoms with Crippen LogP contribution in [-0.2, 0) is 0 Å². The smallest absolute Gasteiger partial charge is 0.0325 e. The molecular formula is C22H44. The Bertz CT molecular complexity index is 228. The zero-order valence-electron chi connectivity index (χ0n) is 16.2. The molecule has 0 N–H and O–H groups in total. The van der Waals surface area contributed by atoms with E-state index in [1.807, 2.05) is 0 Å². The summed E-state index contributed by atoms with van der Waals surface area (Å²) in [4.78, 5) is 0. The molecule has 2 atom stereocenters. The highest BCUT2D eigenvalue weighted by Crippen LogP contribution is 2.20. The average molecular weight is 309 g/mol. The number of unbranched alkanes of at least 4 members (excludes halogenated alkanes) is 6. The molecular weight excluding hydrogens is 264 g/mol. The van der Waals surface area contributed by atoms with Crippen molar-refractivity contribution in [3.63, 3.8) is 0 Å². The zero-order valence-corrected chi connectivity index (χ0v) is 16.2. The summed E-state index contributed by atoms with van der Waals surface area (Å²) in [6.07, 6.45) is 24.4. The average Bonchev–Trinajstić information content (AvgIpc) is 2.53. The van der Waals surface area contributed by atoms with Gasteiger partial charge in [0, 0.05) is 0 Å². The normalized spacial score (nSPS) is 14.5. The van der Waals surface area contributed by atoms with Crippen LogP contribution in [0.15, 0.2) is 12.2 Å². The molecule has 0 aromatic rings. The van der Waals surface area contributed by atoms with E-state index in [-0.39, 0.29) is 0 Å². The fourth-order valence-electron chi connectivity index (χ4n) is 3.23. The maximum atomic E-state index is 2.46. The van der Waals surface area contributed by atoms with E-state index in [1.54, 1.807) is 0 Å². The van der Waals surface area contributed by atoms with Crippen molar-refractivity contribution in [2.45, 2.75) is 118 Å². The van der Waals surface area contributed by atoms with Crippen LogP contribution in [0.1, 0.15) is 118 Å². The Kier molecular flexibility index (Phi) is 16.9. The number of hydrogen-bond donors (Lipinski definition) is 0. The molecule has 0 saturated heterocycles. The predicted molar refractivity (Wildman–Crippen MR) is 103 cm³/mol. The lowest BCUT2D eigenvalue weighted by molar-refractivity contribution is 0.416. The lowest BCUT2D eigenvalue weighted by Gasteiger charge is -2.13. The topological polar surface area (TPSA) is 0 Å². The molecule has 0 nitrogen and oxygen atoms in total. The molecule has 0 heteroatoms. The van der Waals surface area contributed by atoms with Crippen LogP contribution in [0.2, 0.25) is 0 Å². The van der Waals surface area contributed by atoms with Crippen LogP contribution >= 0.6 is 0 Å². The molecule has 0 bridgehead atoms. The third-order valence-electron chi connectivity index (χ3n) is 5.04. The van der Waals surface area contributed by atoms with Crippen LogP contribution in [0.5, 0.6) is 0 Å². The molecule has 132 valence electrons. The summed E-state index contributed by atoms with van der Waals surface area (Å²) < 4.78 is 0. The summed E-state index contributed by atoms with van der Waals surface area (Å²) in [5.41, 5.74) is 0. The number of allylic oxidation sites excluding steroid dienone is 2. The molecule has 0 aliphatic heterocycles. The van der Waals surface area contributed by atoms with Crippen LogP contribution in [-0.4, -0.2) is 0 Å². The van der Waals surface area contributed by atoms with Crippen molar-refractivity contribution in [3.8, 4) is 0 Å². The molecule has 0 radical (unpaired) electrons. The van der Waals surface area contributed by atoms with Gasteiger partial charge in [-0.25, -0.2) is 0 Å². The Balaban J connectivity index is 3.56. The van der Waals surface area contributed by atoms with Gasteiger partial charge >= 0.3 is 0 Å². The first-order valence-corrected chi connectivity index (χ1v) is 10.4. The highest BCUT2D eigenvalue weighted by molar-refractivity contribution is 4.84. The SMILES string of the molecule is CCCCCCC(C)CC=CCCC(CC)CCCCCC. The fraction of sp³-hybridized carbons (Fsp3) is 0.909. The van der Waals surface area contributed by atoms with E-state index in [2.05, 4.69) is 39.8 Å². The molecule has 0 aliphatic rings. The molecule has 0 spiro atoms. The Morgan fingerprint density at radius 2 is 1.32 bits per heavy atom. The quantitative estimate of drug-likeness (QED) is 0.198. The molecule has 22 heavy (non-hydrogen) atoms. The molecule has 2 unspecified atom stereocenters. The van der Waals surface area contributed by atoms with Gasteiger partial charge in [0.15, 0.2) is 0 Å². The van der Waals surface area contributed by atoms with Gasteiger partial charge in [-0.3, -0.25) is 0 Å². The van der Waals surface area contributed by atoms with Gasteiger partial charge in [0.1, 0.15) is 0 Å². The second-order valence-electron chi connectivity index (χ2n) is 7.36. The molecule has 0 aromatic heterocycles. The summed E-state index contributed by atoms with van der Waals surface area (Å²) in [6, 6.07) is 0. The molecule has 0 amide bonds. The first kappa shape index (κ1) is 21.7. The molecule has 0 aromatic carbocycles. The van der Waals surface area contributed by atoms with Crippen LogP contribution in [0, 0.1) is 11.8 Å². The van der Waals surface area contributed by atoms with Crippen molar-refractivity contribution < 1.29 is 0 Å². The maximum absolute atomic E-state index is 2.46. The van der Waals surface area contributed by atoms with Crippen LogP contribution < -0.4 is 0 Å². The van der Waals surface area contributed by atoms with E-state index in [1.165, 1.54) is 89.9 Å². The largest absolute Gasteiger partial charge is 0.0885 e. The van der Waals surface area contributed by atoms with Crippen molar-refractivity contribution >= 4 is 0 Å². The van der Waals surface area contributed by atoms with Crippen LogP contribution in [0.3, 0.4) is 0 Å². The van der Waals surface area contributed by atoms with Crippen molar-refractivity contribution in [2.24, 2.45) is 11.8 Å². The summed E-state index contributed by atoms with van der Waals surface area (Å²) >= 11 is 0. The predicted octanol–water partition coefficient (Wildman–Crippen LogP) is 8.32. The standard InChI is InChI=1S/C22H44/c1-5-8-10-13-17-21(4)18-14-12-16-20-22(7-3)19-15-11-9-6-2/h12,14,21-22H,5-11,13,15-20H2,1-4H3. The third kappa shape index (κ3) is 14.7. The van der Waals surface area contributed by atoms with Gasteiger partial charge in [0.2, 0.25) is 0 Å². The van der Waals surface area contributed by atoms with E-state index >= 15 is 0 Å². The van der Waals surface area contributed by atoms with Gasteiger partial charge in [-0.05, 0) is 31.1 Å².